The van der Waals surface area contributed by atoms with Crippen molar-refractivity contribution >= 4 is 11.6 Å². The van der Waals surface area contributed by atoms with Crippen LogP contribution in [0, 0.1) is 18.3 Å². The van der Waals surface area contributed by atoms with Gasteiger partial charge in [-0.1, -0.05) is 28.9 Å². The molecular formula is C15H14ClN3O2. The highest BCUT2D eigenvalue weighted by Gasteiger charge is 2.40. The summed E-state index contributed by atoms with van der Waals surface area (Å²) in [4.78, 5) is 4.40. The summed E-state index contributed by atoms with van der Waals surface area (Å²) >= 11 is 6.12. The smallest absolute Gasteiger partial charge is 0.247 e. The fraction of sp³-hybridized carbons (Fsp3) is 0.400. The zero-order chi connectivity index (χ0) is 14.9. The molecule has 1 aromatic carbocycles. The number of aryl methyl sites for hydroxylation is 1. The minimum absolute atomic E-state index is 0.361. The summed E-state index contributed by atoms with van der Waals surface area (Å²) in [5.74, 6) is 0.813. The van der Waals surface area contributed by atoms with Crippen LogP contribution in [-0.2, 0) is 10.2 Å². The highest BCUT2D eigenvalue weighted by Crippen LogP contribution is 2.34. The van der Waals surface area contributed by atoms with Crippen molar-refractivity contribution in [3.63, 3.8) is 0 Å². The van der Waals surface area contributed by atoms with Crippen LogP contribution in [0.1, 0.15) is 24.3 Å². The highest BCUT2D eigenvalue weighted by atomic mass is 35.5. The lowest BCUT2D eigenvalue weighted by Crippen LogP contribution is -2.32. The van der Waals surface area contributed by atoms with E-state index in [4.69, 9.17) is 20.9 Å². The minimum Gasteiger partial charge on any atom is -0.381 e. The Morgan fingerprint density at radius 2 is 2.10 bits per heavy atom. The Bertz CT molecular complexity index is 699. The molecule has 0 saturated carbocycles. The molecule has 0 amide bonds. The number of hydrogen-bond acceptors (Lipinski definition) is 5. The van der Waals surface area contributed by atoms with E-state index in [1.165, 1.54) is 0 Å². The maximum absolute atomic E-state index is 9.50. The van der Waals surface area contributed by atoms with Crippen LogP contribution < -0.4 is 0 Å². The van der Waals surface area contributed by atoms with Gasteiger partial charge in [-0.15, -0.1) is 0 Å². The van der Waals surface area contributed by atoms with Gasteiger partial charge >= 0.3 is 0 Å². The Morgan fingerprint density at radius 1 is 1.33 bits per heavy atom. The number of ether oxygens (including phenoxy) is 1. The summed E-state index contributed by atoms with van der Waals surface area (Å²) in [5, 5.41) is 14.1. The number of nitrogens with zero attached hydrogens (tertiary/aromatic N) is 3. The monoisotopic (exact) mass is 303 g/mol. The molecule has 0 spiro atoms. The van der Waals surface area contributed by atoms with Crippen molar-refractivity contribution in [3.8, 4) is 17.5 Å². The summed E-state index contributed by atoms with van der Waals surface area (Å²) in [6, 6.07) is 7.91. The molecule has 1 aliphatic heterocycles. The predicted molar refractivity (Wildman–Crippen MR) is 76.8 cm³/mol. The van der Waals surface area contributed by atoms with Crippen LogP contribution in [0.25, 0.3) is 11.4 Å². The lowest BCUT2D eigenvalue weighted by Gasteiger charge is -2.26. The van der Waals surface area contributed by atoms with Crippen LogP contribution in [0.3, 0.4) is 0 Å². The van der Waals surface area contributed by atoms with Crippen molar-refractivity contribution in [3.05, 3.63) is 34.7 Å². The molecule has 0 N–H and O–H groups in total. The Morgan fingerprint density at radius 3 is 2.76 bits per heavy atom. The van der Waals surface area contributed by atoms with Gasteiger partial charge in [-0.05, 0) is 31.4 Å². The molecule has 1 saturated heterocycles. The largest absolute Gasteiger partial charge is 0.381 e. The number of nitriles is 1. The van der Waals surface area contributed by atoms with Crippen molar-refractivity contribution < 1.29 is 9.26 Å². The van der Waals surface area contributed by atoms with Gasteiger partial charge in [-0.2, -0.15) is 10.2 Å². The molecule has 21 heavy (non-hydrogen) atoms. The van der Waals surface area contributed by atoms with E-state index in [0.29, 0.717) is 42.8 Å². The fourth-order valence-electron chi connectivity index (χ4n) is 2.36. The topological polar surface area (TPSA) is 71.9 Å². The number of rotatable bonds is 2. The second-order valence-electron chi connectivity index (χ2n) is 5.19. The molecule has 0 atom stereocenters. The van der Waals surface area contributed by atoms with E-state index in [1.54, 1.807) is 6.07 Å². The van der Waals surface area contributed by atoms with Crippen LogP contribution in [0.2, 0.25) is 5.02 Å². The molecular weight excluding hydrogens is 290 g/mol. The standard InChI is InChI=1S/C15H14ClN3O2/c1-10-2-3-11(8-12(10)16)13-18-14(21-19-13)15(9-17)4-6-20-7-5-15/h2-3,8H,4-7H2,1H3. The fourth-order valence-corrected chi connectivity index (χ4v) is 2.54. The Labute approximate surface area is 127 Å². The van der Waals surface area contributed by atoms with Crippen molar-refractivity contribution in [1.29, 1.82) is 5.26 Å². The van der Waals surface area contributed by atoms with Gasteiger partial charge in [0.1, 0.15) is 5.41 Å². The van der Waals surface area contributed by atoms with Gasteiger partial charge in [0.2, 0.25) is 11.7 Å². The van der Waals surface area contributed by atoms with E-state index >= 15 is 0 Å². The normalized spacial score (nSPS) is 17.4. The van der Waals surface area contributed by atoms with E-state index in [0.717, 1.165) is 11.1 Å². The van der Waals surface area contributed by atoms with Gasteiger partial charge in [0, 0.05) is 23.8 Å². The van der Waals surface area contributed by atoms with Crippen LogP contribution in [0.15, 0.2) is 22.7 Å². The summed E-state index contributed by atoms with van der Waals surface area (Å²) in [6.45, 7) is 2.99. The molecule has 0 radical (unpaired) electrons. The van der Waals surface area contributed by atoms with E-state index in [9.17, 15) is 5.26 Å². The molecule has 2 heterocycles. The summed E-state index contributed by atoms with van der Waals surface area (Å²) in [6.07, 6.45) is 1.14. The van der Waals surface area contributed by atoms with Crippen molar-refractivity contribution in [1.82, 2.24) is 10.1 Å². The van der Waals surface area contributed by atoms with Gasteiger partial charge in [-0.3, -0.25) is 0 Å². The zero-order valence-corrected chi connectivity index (χ0v) is 12.4. The van der Waals surface area contributed by atoms with Gasteiger partial charge in [-0.25, -0.2) is 0 Å². The lowest BCUT2D eigenvalue weighted by atomic mass is 9.81. The first kappa shape index (κ1) is 14.1. The number of benzene rings is 1. The number of hydrogen-bond donors (Lipinski definition) is 0. The molecule has 0 bridgehead atoms. The van der Waals surface area contributed by atoms with Crippen molar-refractivity contribution in [2.24, 2.45) is 0 Å². The Hall–Kier alpha value is -1.90. The first-order valence-corrected chi connectivity index (χ1v) is 7.12. The van der Waals surface area contributed by atoms with Gasteiger partial charge in [0.15, 0.2) is 0 Å². The van der Waals surface area contributed by atoms with Gasteiger partial charge in [0.25, 0.3) is 0 Å². The van der Waals surface area contributed by atoms with E-state index in [2.05, 4.69) is 16.2 Å². The summed E-state index contributed by atoms with van der Waals surface area (Å²) in [7, 11) is 0. The summed E-state index contributed by atoms with van der Waals surface area (Å²) < 4.78 is 10.7. The second-order valence-corrected chi connectivity index (χ2v) is 5.60. The molecule has 0 aliphatic carbocycles. The van der Waals surface area contributed by atoms with E-state index in [-0.39, 0.29) is 0 Å². The Balaban J connectivity index is 1.96. The van der Waals surface area contributed by atoms with Crippen LogP contribution in [0.5, 0.6) is 0 Å². The maximum Gasteiger partial charge on any atom is 0.247 e. The van der Waals surface area contributed by atoms with Gasteiger partial charge in [0.05, 0.1) is 6.07 Å². The lowest BCUT2D eigenvalue weighted by molar-refractivity contribution is 0.0574. The third-order valence-corrected chi connectivity index (χ3v) is 4.23. The van der Waals surface area contributed by atoms with Gasteiger partial charge < -0.3 is 9.26 Å². The average Bonchev–Trinajstić information content (AvgIpc) is 3.01. The molecule has 1 fully saturated rings. The third-order valence-electron chi connectivity index (χ3n) is 3.83. The molecule has 3 rings (SSSR count). The molecule has 2 aromatic rings. The maximum atomic E-state index is 9.50. The average molecular weight is 304 g/mol. The first-order valence-electron chi connectivity index (χ1n) is 6.74. The Kier molecular flexibility index (Phi) is 3.66. The molecule has 6 heteroatoms. The zero-order valence-electron chi connectivity index (χ0n) is 11.6. The number of halogens is 1. The number of aromatic nitrogens is 2. The van der Waals surface area contributed by atoms with Crippen molar-refractivity contribution in [2.45, 2.75) is 25.2 Å². The molecule has 0 unspecified atom stereocenters. The molecule has 5 nitrogen and oxygen atoms in total. The van der Waals surface area contributed by atoms with Crippen LogP contribution in [-0.4, -0.2) is 23.4 Å². The van der Waals surface area contributed by atoms with E-state index < -0.39 is 5.41 Å². The summed E-state index contributed by atoms with van der Waals surface area (Å²) in [5.41, 5.74) is 1.03. The van der Waals surface area contributed by atoms with Crippen molar-refractivity contribution in [2.75, 3.05) is 13.2 Å². The predicted octanol–water partition coefficient (Wildman–Crippen LogP) is 3.27. The van der Waals surface area contributed by atoms with E-state index in [1.807, 2.05) is 19.1 Å². The molecule has 108 valence electrons. The molecule has 1 aliphatic rings. The van der Waals surface area contributed by atoms with Crippen LogP contribution >= 0.6 is 11.6 Å². The first-order chi connectivity index (χ1) is 10.1. The molecule has 1 aromatic heterocycles. The SMILES string of the molecule is Cc1ccc(-c2noc(C3(C#N)CCOCC3)n2)cc1Cl. The van der Waals surface area contributed by atoms with Crippen LogP contribution in [0.4, 0.5) is 0 Å². The minimum atomic E-state index is -0.738. The highest BCUT2D eigenvalue weighted by molar-refractivity contribution is 6.31. The quantitative estimate of drug-likeness (QED) is 0.851. The second kappa shape index (κ2) is 5.47. The third kappa shape index (κ3) is 2.53.